The molecule has 0 saturated carbocycles. The van der Waals surface area contributed by atoms with Crippen molar-refractivity contribution in [3.05, 3.63) is 95.1 Å². The second-order valence-electron chi connectivity index (χ2n) is 8.28. The Hall–Kier alpha value is -3.66. The third-order valence-corrected chi connectivity index (χ3v) is 6.18. The van der Waals surface area contributed by atoms with Gasteiger partial charge in [0.25, 0.3) is 0 Å². The first-order valence-corrected chi connectivity index (χ1v) is 12.0. The molecule has 4 heteroatoms. The largest absolute Gasteiger partial charge is 0.462 e. The first kappa shape index (κ1) is 23.5. The number of aryl methyl sites for hydroxylation is 2. The molecule has 1 aliphatic rings. The Morgan fingerprint density at radius 1 is 0.647 bits per heavy atom. The summed E-state index contributed by atoms with van der Waals surface area (Å²) in [6.45, 7) is 3.97. The van der Waals surface area contributed by atoms with Crippen molar-refractivity contribution in [3.8, 4) is 0 Å². The lowest BCUT2D eigenvalue weighted by Gasteiger charge is -2.18. The molecule has 4 aromatic carbocycles. The molecular formula is C30H30O4. The van der Waals surface area contributed by atoms with Crippen molar-refractivity contribution in [2.75, 3.05) is 13.2 Å². The van der Waals surface area contributed by atoms with Crippen LogP contribution in [0.3, 0.4) is 0 Å². The number of rotatable bonds is 4. The number of ether oxygens (including phenoxy) is 2. The first-order chi connectivity index (χ1) is 16.6. The SMILES string of the molecule is CCOC(=O)c1ccccc1C(=O)OCC.c1ccc2c(c1)ccc1c3c(ccc12)CCCC3. The summed E-state index contributed by atoms with van der Waals surface area (Å²) in [5, 5.41) is 5.64. The Kier molecular flexibility index (Phi) is 7.58. The van der Waals surface area contributed by atoms with Crippen molar-refractivity contribution in [2.24, 2.45) is 0 Å². The van der Waals surface area contributed by atoms with Crippen LogP contribution in [0.5, 0.6) is 0 Å². The van der Waals surface area contributed by atoms with E-state index in [1.165, 1.54) is 47.2 Å². The maximum absolute atomic E-state index is 11.5. The summed E-state index contributed by atoms with van der Waals surface area (Å²) >= 11 is 0. The minimum atomic E-state index is -0.508. The number of fused-ring (bicyclic) bond motifs is 5. The number of hydrogen-bond donors (Lipinski definition) is 0. The second kappa shape index (κ2) is 11.0. The predicted molar refractivity (Wildman–Crippen MR) is 136 cm³/mol. The van der Waals surface area contributed by atoms with Crippen molar-refractivity contribution in [3.63, 3.8) is 0 Å². The Morgan fingerprint density at radius 3 is 1.91 bits per heavy atom. The molecule has 1 aliphatic carbocycles. The van der Waals surface area contributed by atoms with Gasteiger partial charge in [-0.05, 0) is 84.3 Å². The third-order valence-electron chi connectivity index (χ3n) is 6.18. The van der Waals surface area contributed by atoms with Crippen LogP contribution in [0.15, 0.2) is 72.8 Å². The fourth-order valence-corrected chi connectivity index (χ4v) is 4.60. The van der Waals surface area contributed by atoms with E-state index in [0.717, 1.165) is 0 Å². The smallest absolute Gasteiger partial charge is 0.338 e. The molecule has 174 valence electrons. The zero-order chi connectivity index (χ0) is 23.9. The van der Waals surface area contributed by atoms with Crippen LogP contribution in [0.2, 0.25) is 0 Å². The average Bonchev–Trinajstić information content (AvgIpc) is 2.89. The van der Waals surface area contributed by atoms with E-state index in [0.29, 0.717) is 0 Å². The molecule has 0 atom stereocenters. The topological polar surface area (TPSA) is 52.6 Å². The molecule has 5 rings (SSSR count). The molecule has 0 aliphatic heterocycles. The minimum absolute atomic E-state index is 0.239. The fourth-order valence-electron chi connectivity index (χ4n) is 4.60. The summed E-state index contributed by atoms with van der Waals surface area (Å²) in [5.74, 6) is -1.02. The van der Waals surface area contributed by atoms with Gasteiger partial charge in [0.1, 0.15) is 0 Å². The van der Waals surface area contributed by atoms with Gasteiger partial charge in [-0.15, -0.1) is 0 Å². The average molecular weight is 455 g/mol. The van der Waals surface area contributed by atoms with E-state index in [-0.39, 0.29) is 24.3 Å². The highest BCUT2D eigenvalue weighted by Gasteiger charge is 2.18. The summed E-state index contributed by atoms with van der Waals surface area (Å²) in [7, 11) is 0. The van der Waals surface area contributed by atoms with Crippen molar-refractivity contribution < 1.29 is 19.1 Å². The number of benzene rings is 4. The van der Waals surface area contributed by atoms with E-state index >= 15 is 0 Å². The summed E-state index contributed by atoms with van der Waals surface area (Å²) in [5.41, 5.74) is 3.65. The van der Waals surface area contributed by atoms with Crippen molar-refractivity contribution in [2.45, 2.75) is 39.5 Å². The molecule has 0 N–H and O–H groups in total. The van der Waals surface area contributed by atoms with E-state index in [4.69, 9.17) is 9.47 Å². The van der Waals surface area contributed by atoms with Crippen molar-refractivity contribution in [1.29, 1.82) is 0 Å². The Labute approximate surface area is 200 Å². The normalized spacial score (nSPS) is 12.4. The molecule has 0 fully saturated rings. The quantitative estimate of drug-likeness (QED) is 0.248. The summed E-state index contributed by atoms with van der Waals surface area (Å²) in [4.78, 5) is 23.1. The number of carbonyl (C=O) groups excluding carboxylic acids is 2. The highest BCUT2D eigenvalue weighted by molar-refractivity contribution is 6.08. The van der Waals surface area contributed by atoms with Crippen LogP contribution in [-0.4, -0.2) is 25.2 Å². The molecular weight excluding hydrogens is 424 g/mol. The van der Waals surface area contributed by atoms with E-state index in [1.807, 2.05) is 0 Å². The lowest BCUT2D eigenvalue weighted by atomic mass is 9.86. The molecule has 0 saturated heterocycles. The van der Waals surface area contributed by atoms with E-state index in [2.05, 4.69) is 48.5 Å². The predicted octanol–water partition coefficient (Wildman–Crippen LogP) is 6.91. The van der Waals surface area contributed by atoms with Gasteiger partial charge in [-0.25, -0.2) is 9.59 Å². The third kappa shape index (κ3) is 4.96. The lowest BCUT2D eigenvalue weighted by molar-refractivity contribution is 0.0479. The van der Waals surface area contributed by atoms with Gasteiger partial charge < -0.3 is 9.47 Å². The lowest BCUT2D eigenvalue weighted by Crippen LogP contribution is -2.13. The van der Waals surface area contributed by atoms with Gasteiger partial charge in [0.05, 0.1) is 24.3 Å². The second-order valence-corrected chi connectivity index (χ2v) is 8.28. The molecule has 4 nitrogen and oxygen atoms in total. The molecule has 0 heterocycles. The maximum atomic E-state index is 11.5. The number of carbonyl (C=O) groups is 2. The summed E-state index contributed by atoms with van der Waals surface area (Å²) in [6.07, 6.45) is 5.22. The van der Waals surface area contributed by atoms with Gasteiger partial charge in [-0.3, -0.25) is 0 Å². The van der Waals surface area contributed by atoms with Crippen molar-refractivity contribution in [1.82, 2.24) is 0 Å². The molecule has 0 unspecified atom stereocenters. The van der Waals surface area contributed by atoms with E-state index in [1.54, 1.807) is 49.2 Å². The number of esters is 2. The van der Waals surface area contributed by atoms with E-state index < -0.39 is 11.9 Å². The van der Waals surface area contributed by atoms with E-state index in [9.17, 15) is 9.59 Å². The van der Waals surface area contributed by atoms with Gasteiger partial charge in [-0.2, -0.15) is 0 Å². The van der Waals surface area contributed by atoms with Gasteiger partial charge in [0.2, 0.25) is 0 Å². The highest BCUT2D eigenvalue weighted by atomic mass is 16.5. The molecule has 4 aromatic rings. The molecule has 34 heavy (non-hydrogen) atoms. The Balaban J connectivity index is 0.000000163. The monoisotopic (exact) mass is 454 g/mol. The van der Waals surface area contributed by atoms with Gasteiger partial charge in [-0.1, -0.05) is 60.7 Å². The highest BCUT2D eigenvalue weighted by Crippen LogP contribution is 2.33. The molecule has 0 amide bonds. The Bertz CT molecular complexity index is 1290. The van der Waals surface area contributed by atoms with Crippen LogP contribution in [-0.2, 0) is 22.3 Å². The van der Waals surface area contributed by atoms with Crippen LogP contribution in [0.25, 0.3) is 21.5 Å². The standard InChI is InChI=1S/C18H16.C12H14O4/c1-3-7-15-13(5-1)9-11-18-16-8-4-2-6-14(16)10-12-17(15)18;1-3-15-11(13)9-7-5-6-8-10(9)12(14)16-4-2/h1,3,5,7,9-12H,2,4,6,8H2;5-8H,3-4H2,1-2H3. The van der Waals surface area contributed by atoms with Gasteiger partial charge >= 0.3 is 11.9 Å². The summed E-state index contributed by atoms with van der Waals surface area (Å²) < 4.78 is 9.70. The maximum Gasteiger partial charge on any atom is 0.338 e. The van der Waals surface area contributed by atoms with Crippen LogP contribution >= 0.6 is 0 Å². The van der Waals surface area contributed by atoms with Crippen LogP contribution in [0.1, 0.15) is 58.5 Å². The van der Waals surface area contributed by atoms with Gasteiger partial charge in [0.15, 0.2) is 0 Å². The fraction of sp³-hybridized carbons (Fsp3) is 0.267. The minimum Gasteiger partial charge on any atom is -0.462 e. The summed E-state index contributed by atoms with van der Waals surface area (Å²) in [6, 6.07) is 24.4. The first-order valence-electron chi connectivity index (χ1n) is 12.0. The zero-order valence-corrected chi connectivity index (χ0v) is 19.8. The molecule has 0 bridgehead atoms. The van der Waals surface area contributed by atoms with Gasteiger partial charge in [0, 0.05) is 0 Å². The number of hydrogen-bond acceptors (Lipinski definition) is 4. The molecule has 0 radical (unpaired) electrons. The molecule has 0 spiro atoms. The van der Waals surface area contributed by atoms with Crippen LogP contribution in [0, 0.1) is 0 Å². The van der Waals surface area contributed by atoms with Crippen LogP contribution < -0.4 is 0 Å². The Morgan fingerprint density at radius 2 is 1.24 bits per heavy atom. The van der Waals surface area contributed by atoms with Crippen LogP contribution in [0.4, 0.5) is 0 Å². The van der Waals surface area contributed by atoms with Crippen molar-refractivity contribution >= 4 is 33.5 Å². The zero-order valence-electron chi connectivity index (χ0n) is 19.8. The molecule has 0 aromatic heterocycles.